The topological polar surface area (TPSA) is 118 Å². The van der Waals surface area contributed by atoms with Crippen molar-refractivity contribution in [2.24, 2.45) is 5.92 Å². The number of aromatic nitrogens is 1. The molecule has 2 N–H and O–H groups in total. The second-order valence-corrected chi connectivity index (χ2v) is 12.5. The van der Waals surface area contributed by atoms with Crippen molar-refractivity contribution < 1.29 is 24.2 Å². The van der Waals surface area contributed by atoms with Crippen molar-refractivity contribution in [1.29, 1.82) is 0 Å². The number of para-hydroxylation sites is 1. The van der Waals surface area contributed by atoms with Gasteiger partial charge in [-0.1, -0.05) is 57.2 Å². The van der Waals surface area contributed by atoms with E-state index in [2.05, 4.69) is 21.2 Å². The fourth-order valence-electron chi connectivity index (χ4n) is 5.25. The van der Waals surface area contributed by atoms with E-state index in [-0.39, 0.29) is 29.0 Å². The molecule has 0 unspecified atom stereocenters. The number of carbonyl (C=O) groups excluding carboxylic acids is 3. The highest BCUT2D eigenvalue weighted by Gasteiger charge is 2.57. The summed E-state index contributed by atoms with van der Waals surface area (Å²) < 4.78 is 7.82. The Kier molecular flexibility index (Phi) is 7.22. The predicted molar refractivity (Wildman–Crippen MR) is 160 cm³/mol. The van der Waals surface area contributed by atoms with Gasteiger partial charge in [0.05, 0.1) is 23.7 Å². The Balaban J connectivity index is 1.43. The number of thioether (sulfide) groups is 1. The third-order valence-corrected chi connectivity index (χ3v) is 10.2. The van der Waals surface area contributed by atoms with E-state index in [0.29, 0.717) is 32.6 Å². The summed E-state index contributed by atoms with van der Waals surface area (Å²) in [6.07, 6.45) is 0. The summed E-state index contributed by atoms with van der Waals surface area (Å²) >= 11 is 5.51. The minimum absolute atomic E-state index is 0.0624. The molecule has 0 aliphatic carbocycles. The molecular formula is C29H22BrN3O6S2. The number of nitrogens with one attached hydrogen (secondary N) is 1. The van der Waals surface area contributed by atoms with Crippen LogP contribution in [0.5, 0.6) is 11.5 Å². The second-order valence-electron chi connectivity index (χ2n) is 9.49. The minimum Gasteiger partial charge on any atom is -0.508 e. The van der Waals surface area contributed by atoms with E-state index in [1.54, 1.807) is 42.5 Å². The Bertz CT molecular complexity index is 1730. The van der Waals surface area contributed by atoms with Gasteiger partial charge < -0.3 is 15.2 Å². The van der Waals surface area contributed by atoms with Crippen molar-refractivity contribution in [1.82, 2.24) is 4.57 Å². The normalized spacial score (nSPS) is 19.6. The minimum atomic E-state index is -0.811. The summed E-state index contributed by atoms with van der Waals surface area (Å²) in [5.41, 5.74) is 1.62. The van der Waals surface area contributed by atoms with Crippen LogP contribution in [0.15, 0.2) is 87.1 Å². The summed E-state index contributed by atoms with van der Waals surface area (Å²) in [4.78, 5) is 55.6. The zero-order chi connectivity index (χ0) is 28.8. The molecule has 3 amide bonds. The molecule has 3 atom stereocenters. The summed E-state index contributed by atoms with van der Waals surface area (Å²) in [5, 5.41) is 11.9. The Labute approximate surface area is 250 Å². The van der Waals surface area contributed by atoms with E-state index in [1.165, 1.54) is 28.7 Å². The number of carbonyl (C=O) groups is 3. The molecule has 208 valence electrons. The predicted octanol–water partition coefficient (Wildman–Crippen LogP) is 4.82. The van der Waals surface area contributed by atoms with Crippen molar-refractivity contribution in [3.63, 3.8) is 0 Å². The van der Waals surface area contributed by atoms with Gasteiger partial charge >= 0.3 is 4.87 Å². The number of thiazole rings is 1. The maximum atomic E-state index is 14.0. The molecule has 0 spiro atoms. The standard InChI is InChI=1S/C29H22BrN3O6S2/c1-39-20-5-3-2-4-19(20)22-23-24(27(37)33(26(23)36)17-10-6-15(30)7-11-17)40-28-25(22)41-29(38)32(28)14-21(35)31-16-8-12-18(34)13-9-16/h2-13,22-24,34H,14H2,1H3,(H,31,35)/t22-,23-,24+/m0/s1. The zero-order valence-electron chi connectivity index (χ0n) is 21.4. The number of ether oxygens (including phenoxy) is 1. The highest BCUT2D eigenvalue weighted by Crippen LogP contribution is 2.55. The van der Waals surface area contributed by atoms with Gasteiger partial charge in [0, 0.05) is 26.5 Å². The van der Waals surface area contributed by atoms with Crippen LogP contribution in [0.2, 0.25) is 0 Å². The van der Waals surface area contributed by atoms with E-state index in [9.17, 15) is 24.3 Å². The van der Waals surface area contributed by atoms with Crippen molar-refractivity contribution >= 4 is 68.1 Å². The quantitative estimate of drug-likeness (QED) is 0.227. The number of nitrogens with zero attached hydrogens (tertiary/aromatic N) is 2. The third kappa shape index (κ3) is 4.85. The summed E-state index contributed by atoms with van der Waals surface area (Å²) in [5.74, 6) is -1.99. The average Bonchev–Trinajstić information content (AvgIpc) is 3.41. The lowest BCUT2D eigenvalue weighted by Crippen LogP contribution is -2.33. The van der Waals surface area contributed by atoms with Gasteiger partial charge in [0.1, 0.15) is 23.3 Å². The number of benzene rings is 3. The molecule has 0 saturated carbocycles. The molecule has 2 aliphatic heterocycles. The van der Waals surface area contributed by atoms with Gasteiger partial charge in [0.15, 0.2) is 0 Å². The zero-order valence-corrected chi connectivity index (χ0v) is 24.7. The largest absolute Gasteiger partial charge is 0.508 e. The first-order valence-electron chi connectivity index (χ1n) is 12.5. The van der Waals surface area contributed by atoms with Gasteiger partial charge in [0.2, 0.25) is 17.7 Å². The van der Waals surface area contributed by atoms with Crippen molar-refractivity contribution in [2.75, 3.05) is 17.3 Å². The van der Waals surface area contributed by atoms with Gasteiger partial charge in [-0.2, -0.15) is 0 Å². The van der Waals surface area contributed by atoms with E-state index in [4.69, 9.17) is 4.74 Å². The molecule has 3 aromatic carbocycles. The van der Waals surface area contributed by atoms with E-state index in [0.717, 1.165) is 27.6 Å². The summed E-state index contributed by atoms with van der Waals surface area (Å²) in [7, 11) is 1.53. The lowest BCUT2D eigenvalue weighted by Gasteiger charge is -2.31. The summed E-state index contributed by atoms with van der Waals surface area (Å²) in [6, 6.07) is 20.2. The molecule has 2 aliphatic rings. The number of rotatable bonds is 6. The molecule has 6 rings (SSSR count). The number of aromatic hydroxyl groups is 1. The fourth-order valence-corrected chi connectivity index (χ4v) is 8.28. The Morgan fingerprint density at radius 3 is 2.41 bits per heavy atom. The first-order valence-corrected chi connectivity index (χ1v) is 15.0. The smallest absolute Gasteiger partial charge is 0.308 e. The molecule has 41 heavy (non-hydrogen) atoms. The fraction of sp³-hybridized carbons (Fsp3) is 0.172. The molecule has 12 heteroatoms. The van der Waals surface area contributed by atoms with E-state index < -0.39 is 23.0 Å². The number of halogens is 1. The van der Waals surface area contributed by atoms with Gasteiger partial charge in [-0.15, -0.1) is 0 Å². The lowest BCUT2D eigenvalue weighted by molar-refractivity contribution is -0.122. The van der Waals surface area contributed by atoms with E-state index >= 15 is 0 Å². The van der Waals surface area contributed by atoms with Crippen LogP contribution in [0, 0.1) is 5.92 Å². The van der Waals surface area contributed by atoms with Crippen LogP contribution in [-0.4, -0.2) is 39.8 Å². The lowest BCUT2D eigenvalue weighted by atomic mass is 9.82. The SMILES string of the molecule is COc1ccccc1[C@@H]1c2sc(=O)n(CC(=O)Nc3ccc(O)cc3)c2S[C@H]2C(=O)N(c3ccc(Br)cc3)C(=O)[C@@H]12. The molecule has 4 aromatic rings. The highest BCUT2D eigenvalue weighted by molar-refractivity contribution is 9.10. The highest BCUT2D eigenvalue weighted by atomic mass is 79.9. The van der Waals surface area contributed by atoms with Crippen LogP contribution >= 0.6 is 39.0 Å². The first kappa shape index (κ1) is 27.3. The maximum Gasteiger partial charge on any atom is 0.308 e. The third-order valence-electron chi connectivity index (χ3n) is 7.06. The van der Waals surface area contributed by atoms with Gasteiger partial charge in [-0.25, -0.2) is 4.90 Å². The van der Waals surface area contributed by atoms with Crippen molar-refractivity contribution in [2.45, 2.75) is 22.7 Å². The molecule has 1 saturated heterocycles. The Morgan fingerprint density at radius 2 is 1.71 bits per heavy atom. The monoisotopic (exact) mass is 651 g/mol. The number of amides is 3. The first-order chi connectivity index (χ1) is 19.8. The molecule has 0 radical (unpaired) electrons. The Morgan fingerprint density at radius 1 is 1.00 bits per heavy atom. The number of fused-ring (bicyclic) bond motifs is 2. The van der Waals surface area contributed by atoms with Crippen LogP contribution in [0.3, 0.4) is 0 Å². The number of hydrogen-bond donors (Lipinski definition) is 2. The number of imide groups is 1. The number of hydrogen-bond acceptors (Lipinski definition) is 8. The van der Waals surface area contributed by atoms with E-state index in [1.807, 2.05) is 18.2 Å². The number of phenolic OH excluding ortho intramolecular Hbond substituents is 1. The van der Waals surface area contributed by atoms with Crippen LogP contribution in [0.4, 0.5) is 11.4 Å². The molecule has 0 bridgehead atoms. The summed E-state index contributed by atoms with van der Waals surface area (Å²) in [6.45, 7) is -0.285. The molecule has 1 fully saturated rings. The maximum absolute atomic E-state index is 14.0. The van der Waals surface area contributed by atoms with Gasteiger partial charge in [-0.3, -0.25) is 23.7 Å². The molecule has 9 nitrogen and oxygen atoms in total. The average molecular weight is 653 g/mol. The van der Waals surface area contributed by atoms with Gasteiger partial charge in [0.25, 0.3) is 0 Å². The van der Waals surface area contributed by atoms with Crippen LogP contribution in [-0.2, 0) is 20.9 Å². The second kappa shape index (κ2) is 10.8. The number of phenols is 1. The van der Waals surface area contributed by atoms with Crippen molar-refractivity contribution in [3.05, 3.63) is 97.4 Å². The molecule has 3 heterocycles. The number of methoxy groups -OCH3 is 1. The Hall–Kier alpha value is -3.87. The van der Waals surface area contributed by atoms with Gasteiger partial charge in [-0.05, 0) is 54.6 Å². The van der Waals surface area contributed by atoms with Crippen molar-refractivity contribution in [3.8, 4) is 11.5 Å². The molecule has 1 aromatic heterocycles. The number of anilines is 2. The van der Waals surface area contributed by atoms with Crippen LogP contribution in [0.1, 0.15) is 16.4 Å². The molecular weight excluding hydrogens is 630 g/mol. The van der Waals surface area contributed by atoms with Crippen LogP contribution in [0.25, 0.3) is 0 Å². The van der Waals surface area contributed by atoms with Crippen LogP contribution < -0.4 is 19.8 Å².